The van der Waals surface area contributed by atoms with Crippen molar-refractivity contribution >= 4 is 33.4 Å². The van der Waals surface area contributed by atoms with Crippen LogP contribution in [0.5, 0.6) is 5.88 Å². The van der Waals surface area contributed by atoms with Crippen molar-refractivity contribution in [2.24, 2.45) is 11.1 Å². The lowest BCUT2D eigenvalue weighted by Crippen LogP contribution is -2.58. The molecule has 1 heterocycles. The van der Waals surface area contributed by atoms with Crippen molar-refractivity contribution in [1.82, 2.24) is 10.3 Å². The van der Waals surface area contributed by atoms with Crippen LogP contribution in [0.2, 0.25) is 0 Å². The highest BCUT2D eigenvalue weighted by molar-refractivity contribution is 9.10. The molecule has 1 aromatic heterocycles. The molecule has 1 aromatic carbocycles. The van der Waals surface area contributed by atoms with Crippen LogP contribution in [0.1, 0.15) is 46.4 Å². The molecule has 2 fully saturated rings. The van der Waals surface area contributed by atoms with Gasteiger partial charge in [-0.15, -0.1) is 0 Å². The first-order valence-corrected chi connectivity index (χ1v) is 9.91. The Morgan fingerprint density at radius 3 is 2.64 bits per heavy atom. The van der Waals surface area contributed by atoms with Crippen LogP contribution in [0.25, 0.3) is 0 Å². The van der Waals surface area contributed by atoms with Crippen LogP contribution in [-0.4, -0.2) is 28.9 Å². The fourth-order valence-electron chi connectivity index (χ4n) is 4.25. The quantitative estimate of drug-likeness (QED) is 0.612. The van der Waals surface area contributed by atoms with E-state index in [1.54, 1.807) is 36.5 Å². The molecule has 5 N–H and O–H groups in total. The van der Waals surface area contributed by atoms with Gasteiger partial charge in [-0.2, -0.15) is 0 Å². The highest BCUT2D eigenvalue weighted by Crippen LogP contribution is 2.56. The predicted octanol–water partition coefficient (Wildman–Crippen LogP) is 2.65. The summed E-state index contributed by atoms with van der Waals surface area (Å²) < 4.78 is 6.65. The van der Waals surface area contributed by atoms with E-state index in [0.717, 1.165) is 30.2 Å². The summed E-state index contributed by atoms with van der Waals surface area (Å²) in [7, 11) is 0. The van der Waals surface area contributed by atoms with Crippen LogP contribution in [-0.2, 0) is 0 Å². The molecule has 4 rings (SSSR count). The second-order valence-corrected chi connectivity index (χ2v) is 8.64. The molecular weight excluding hydrogens is 424 g/mol. The number of nitrogens with one attached hydrogen (secondary N) is 1. The van der Waals surface area contributed by atoms with Gasteiger partial charge >= 0.3 is 0 Å². The van der Waals surface area contributed by atoms with E-state index in [-0.39, 0.29) is 23.5 Å². The number of primary amides is 1. The van der Waals surface area contributed by atoms with E-state index >= 15 is 0 Å². The normalized spacial score (nSPS) is 25.5. The Labute approximate surface area is 171 Å². The number of nitrogen functional groups attached to an aromatic ring is 1. The van der Waals surface area contributed by atoms with Crippen LogP contribution < -0.4 is 21.5 Å². The van der Waals surface area contributed by atoms with E-state index in [2.05, 4.69) is 26.2 Å². The highest BCUT2D eigenvalue weighted by Gasteiger charge is 2.54. The van der Waals surface area contributed by atoms with E-state index in [9.17, 15) is 9.59 Å². The predicted molar refractivity (Wildman–Crippen MR) is 108 cm³/mol. The zero-order valence-electron chi connectivity index (χ0n) is 15.2. The van der Waals surface area contributed by atoms with Gasteiger partial charge in [0.1, 0.15) is 11.7 Å². The van der Waals surface area contributed by atoms with Crippen LogP contribution in [0.3, 0.4) is 0 Å². The number of ether oxygens (including phenoxy) is 1. The van der Waals surface area contributed by atoms with Crippen molar-refractivity contribution in [2.75, 3.05) is 5.73 Å². The molecule has 2 aliphatic carbocycles. The van der Waals surface area contributed by atoms with E-state index < -0.39 is 5.91 Å². The van der Waals surface area contributed by atoms with E-state index in [1.165, 1.54) is 0 Å². The van der Waals surface area contributed by atoms with E-state index in [4.69, 9.17) is 16.2 Å². The zero-order chi connectivity index (χ0) is 19.9. The van der Waals surface area contributed by atoms with Gasteiger partial charge in [0.05, 0.1) is 0 Å². The van der Waals surface area contributed by atoms with Crippen molar-refractivity contribution < 1.29 is 14.3 Å². The summed E-state index contributed by atoms with van der Waals surface area (Å²) in [6, 6.07) is 8.62. The first-order chi connectivity index (χ1) is 13.3. The SMILES string of the molecule is NC(=O)c1cccnc1O[C@H]1CC2(C[C@H](NC(=O)c3cc(N)cc(Br)c3)C2)C1. The summed E-state index contributed by atoms with van der Waals surface area (Å²) in [6.45, 7) is 0. The topological polar surface area (TPSA) is 120 Å². The number of nitrogens with two attached hydrogens (primary N) is 2. The number of hydrogen-bond donors (Lipinski definition) is 3. The highest BCUT2D eigenvalue weighted by atomic mass is 79.9. The minimum absolute atomic E-state index is 0.0227. The number of nitrogens with zero attached hydrogens (tertiary/aromatic N) is 1. The molecule has 2 amide bonds. The maximum Gasteiger partial charge on any atom is 0.254 e. The lowest BCUT2D eigenvalue weighted by atomic mass is 9.53. The Bertz CT molecular complexity index is 915. The Morgan fingerprint density at radius 1 is 1.21 bits per heavy atom. The maximum absolute atomic E-state index is 12.4. The molecule has 8 heteroatoms. The lowest BCUT2D eigenvalue weighted by Gasteiger charge is -2.57. The first-order valence-electron chi connectivity index (χ1n) is 9.12. The summed E-state index contributed by atoms with van der Waals surface area (Å²) in [5.41, 5.74) is 12.8. The summed E-state index contributed by atoms with van der Waals surface area (Å²) in [5, 5.41) is 3.07. The van der Waals surface area contributed by atoms with Crippen molar-refractivity contribution in [3.8, 4) is 5.88 Å². The molecule has 7 nitrogen and oxygen atoms in total. The lowest BCUT2D eigenvalue weighted by molar-refractivity contribution is -0.0848. The minimum Gasteiger partial charge on any atom is -0.474 e. The van der Waals surface area contributed by atoms with Gasteiger partial charge in [0.25, 0.3) is 11.8 Å². The Kier molecular flexibility index (Phi) is 4.74. The molecule has 146 valence electrons. The Morgan fingerprint density at radius 2 is 1.96 bits per heavy atom. The van der Waals surface area contributed by atoms with Crippen molar-refractivity contribution in [3.05, 3.63) is 52.1 Å². The molecule has 0 saturated heterocycles. The summed E-state index contributed by atoms with van der Waals surface area (Å²) in [6.07, 6.45) is 5.23. The van der Waals surface area contributed by atoms with E-state index in [0.29, 0.717) is 22.7 Å². The number of anilines is 1. The van der Waals surface area contributed by atoms with Gasteiger partial charge in [0.15, 0.2) is 0 Å². The molecule has 0 aliphatic heterocycles. The number of halogens is 1. The molecule has 2 saturated carbocycles. The number of carbonyl (C=O) groups is 2. The largest absolute Gasteiger partial charge is 0.474 e. The van der Waals surface area contributed by atoms with Gasteiger partial charge in [-0.05, 0) is 61.4 Å². The van der Waals surface area contributed by atoms with Crippen molar-refractivity contribution in [2.45, 2.75) is 37.8 Å². The van der Waals surface area contributed by atoms with Crippen LogP contribution in [0.4, 0.5) is 5.69 Å². The van der Waals surface area contributed by atoms with Gasteiger partial charge in [0.2, 0.25) is 5.88 Å². The van der Waals surface area contributed by atoms with Crippen LogP contribution >= 0.6 is 15.9 Å². The fourth-order valence-corrected chi connectivity index (χ4v) is 4.76. The zero-order valence-corrected chi connectivity index (χ0v) is 16.7. The van der Waals surface area contributed by atoms with Crippen molar-refractivity contribution in [3.63, 3.8) is 0 Å². The molecule has 0 bridgehead atoms. The number of rotatable bonds is 5. The third-order valence-corrected chi connectivity index (χ3v) is 5.97. The van der Waals surface area contributed by atoms with Gasteiger partial charge in [-0.3, -0.25) is 9.59 Å². The monoisotopic (exact) mass is 444 g/mol. The molecule has 1 spiro atoms. The number of carbonyl (C=O) groups excluding carboxylic acids is 2. The summed E-state index contributed by atoms with van der Waals surface area (Å²) in [5.74, 6) is -0.359. The van der Waals surface area contributed by atoms with Gasteiger partial charge in [0, 0.05) is 28.0 Å². The molecule has 2 aromatic rings. The Hall–Kier alpha value is -2.61. The standard InChI is InChI=1S/C20H21BrN4O3/c21-12-4-11(5-13(22)6-12)18(27)25-14-7-20(8-14)9-15(10-20)28-19-16(17(23)26)2-1-3-24-19/h1-6,14-15H,7-10,22H2,(H2,23,26)(H,25,27)/t14-,15-,20?. The summed E-state index contributed by atoms with van der Waals surface area (Å²) >= 11 is 3.36. The smallest absolute Gasteiger partial charge is 0.254 e. The number of hydrogen-bond acceptors (Lipinski definition) is 5. The third kappa shape index (κ3) is 3.69. The second kappa shape index (κ2) is 7.09. The molecule has 2 aliphatic rings. The van der Waals surface area contributed by atoms with Gasteiger partial charge < -0.3 is 21.5 Å². The average Bonchev–Trinajstić information content (AvgIpc) is 2.57. The van der Waals surface area contributed by atoms with Crippen molar-refractivity contribution in [1.29, 1.82) is 0 Å². The van der Waals surface area contributed by atoms with Gasteiger partial charge in [-0.1, -0.05) is 15.9 Å². The van der Waals surface area contributed by atoms with Crippen LogP contribution in [0, 0.1) is 5.41 Å². The van der Waals surface area contributed by atoms with Crippen LogP contribution in [0.15, 0.2) is 41.0 Å². The molecular formula is C20H21BrN4O3. The minimum atomic E-state index is -0.545. The molecule has 0 atom stereocenters. The molecule has 28 heavy (non-hydrogen) atoms. The number of aromatic nitrogens is 1. The molecule has 0 unspecified atom stereocenters. The number of benzene rings is 1. The Balaban J connectivity index is 1.28. The number of pyridine rings is 1. The second-order valence-electron chi connectivity index (χ2n) is 7.72. The fraction of sp³-hybridized carbons (Fsp3) is 0.350. The average molecular weight is 445 g/mol. The summed E-state index contributed by atoms with van der Waals surface area (Å²) in [4.78, 5) is 28.0. The van der Waals surface area contributed by atoms with Gasteiger partial charge in [-0.25, -0.2) is 4.98 Å². The maximum atomic E-state index is 12.4. The number of amides is 2. The van der Waals surface area contributed by atoms with E-state index in [1.807, 2.05) is 0 Å². The third-order valence-electron chi connectivity index (χ3n) is 5.51. The first kappa shape index (κ1) is 18.7. The molecule has 0 radical (unpaired) electrons.